The van der Waals surface area contributed by atoms with E-state index < -0.39 is 0 Å². The molecule has 0 saturated carbocycles. The van der Waals surface area contributed by atoms with Crippen molar-refractivity contribution in [2.75, 3.05) is 26.2 Å². The Hall–Kier alpha value is -1.64. The van der Waals surface area contributed by atoms with Gasteiger partial charge >= 0.3 is 0 Å². The maximum Gasteiger partial charge on any atom is 0.0233 e. The van der Waals surface area contributed by atoms with E-state index in [1.54, 1.807) is 0 Å². The smallest absolute Gasteiger partial charge is 0.0233 e. The van der Waals surface area contributed by atoms with Crippen LogP contribution in [0.5, 0.6) is 0 Å². The van der Waals surface area contributed by atoms with Crippen molar-refractivity contribution in [3.8, 4) is 11.1 Å². The van der Waals surface area contributed by atoms with E-state index in [4.69, 9.17) is 0 Å². The molecule has 0 bridgehead atoms. The second kappa shape index (κ2) is 19.5. The highest BCUT2D eigenvalue weighted by Crippen LogP contribution is 2.22. The van der Waals surface area contributed by atoms with Gasteiger partial charge in [-0.05, 0) is 74.1 Å². The van der Waals surface area contributed by atoms with Crippen LogP contribution < -0.4 is 0 Å². The van der Waals surface area contributed by atoms with Crippen LogP contribution in [0.4, 0.5) is 0 Å². The minimum atomic E-state index is 1.08. The maximum absolute atomic E-state index is 2.64. The molecule has 0 amide bonds. The minimum absolute atomic E-state index is 1.08. The fraction of sp³-hybridized carbons (Fsp3) is 0.647. The molecule has 0 N–H and O–H groups in total. The zero-order valence-electron chi connectivity index (χ0n) is 24.2. The third-order valence-corrected chi connectivity index (χ3v) is 7.29. The summed E-state index contributed by atoms with van der Waals surface area (Å²) in [5, 5.41) is 0. The first kappa shape index (κ1) is 30.6. The molecule has 0 aliphatic rings. The van der Waals surface area contributed by atoms with Crippen LogP contribution in [0, 0.1) is 0 Å². The van der Waals surface area contributed by atoms with E-state index >= 15 is 0 Å². The molecular formula is C34H56N2. The van der Waals surface area contributed by atoms with E-state index in [0.717, 1.165) is 13.1 Å². The molecule has 0 aliphatic carbocycles. The maximum atomic E-state index is 2.64. The second-order valence-corrected chi connectivity index (χ2v) is 10.8. The molecule has 2 aromatic carbocycles. The minimum Gasteiger partial charge on any atom is -0.299 e. The lowest BCUT2D eigenvalue weighted by Gasteiger charge is -2.22. The fourth-order valence-electron chi connectivity index (χ4n) is 5.17. The number of benzene rings is 2. The molecule has 2 rings (SSSR count). The van der Waals surface area contributed by atoms with Crippen LogP contribution in [0.1, 0.15) is 116 Å². The van der Waals surface area contributed by atoms with Gasteiger partial charge in [0.15, 0.2) is 0 Å². The highest BCUT2D eigenvalue weighted by Gasteiger charge is 2.08. The summed E-state index contributed by atoms with van der Waals surface area (Å²) in [4.78, 5) is 5.28. The molecule has 202 valence electrons. The van der Waals surface area contributed by atoms with Crippen LogP contribution >= 0.6 is 0 Å². The van der Waals surface area contributed by atoms with Gasteiger partial charge in [0.25, 0.3) is 0 Å². The highest BCUT2D eigenvalue weighted by atomic mass is 15.1. The van der Waals surface area contributed by atoms with E-state index in [2.05, 4.69) is 86.0 Å². The third-order valence-electron chi connectivity index (χ3n) is 7.29. The van der Waals surface area contributed by atoms with Crippen LogP contribution in [0.25, 0.3) is 11.1 Å². The van der Waals surface area contributed by atoms with Gasteiger partial charge in [-0.2, -0.15) is 0 Å². The molecule has 0 aliphatic heterocycles. The lowest BCUT2D eigenvalue weighted by molar-refractivity contribution is 0.259. The Morgan fingerprint density at radius 2 is 0.750 bits per heavy atom. The number of hydrogen-bond acceptors (Lipinski definition) is 2. The zero-order chi connectivity index (χ0) is 25.8. The third kappa shape index (κ3) is 12.5. The van der Waals surface area contributed by atoms with E-state index in [1.165, 1.54) is 125 Å². The monoisotopic (exact) mass is 492 g/mol. The van der Waals surface area contributed by atoms with Gasteiger partial charge in [0.05, 0.1) is 0 Å². The summed E-state index contributed by atoms with van der Waals surface area (Å²) in [5.41, 5.74) is 5.53. The van der Waals surface area contributed by atoms with Gasteiger partial charge in [0.2, 0.25) is 0 Å². The normalized spacial score (nSPS) is 11.6. The van der Waals surface area contributed by atoms with Crippen molar-refractivity contribution in [2.45, 2.75) is 118 Å². The van der Waals surface area contributed by atoms with Gasteiger partial charge in [-0.25, -0.2) is 0 Å². The molecule has 0 fully saturated rings. The van der Waals surface area contributed by atoms with Crippen molar-refractivity contribution < 1.29 is 0 Å². The van der Waals surface area contributed by atoms with Crippen molar-refractivity contribution in [1.29, 1.82) is 0 Å². The molecule has 2 aromatic rings. The molecular weight excluding hydrogens is 436 g/mol. The SMILES string of the molecule is CCCCCCCN(CCC)Cc1ccc(-c2ccc(CN(CCC)CCCCCCC)cc2)cc1. The number of rotatable bonds is 21. The summed E-state index contributed by atoms with van der Waals surface area (Å²) in [6.07, 6.45) is 16.1. The predicted molar refractivity (Wildman–Crippen MR) is 161 cm³/mol. The largest absolute Gasteiger partial charge is 0.299 e. The molecule has 36 heavy (non-hydrogen) atoms. The first-order valence-electron chi connectivity index (χ1n) is 15.3. The number of unbranched alkanes of at least 4 members (excludes halogenated alkanes) is 8. The summed E-state index contributed by atoms with van der Waals surface area (Å²) in [6, 6.07) is 18.6. The van der Waals surface area contributed by atoms with Crippen LogP contribution in [0.2, 0.25) is 0 Å². The molecule has 2 nitrogen and oxygen atoms in total. The second-order valence-electron chi connectivity index (χ2n) is 10.8. The van der Waals surface area contributed by atoms with Crippen LogP contribution in [0.15, 0.2) is 48.5 Å². The molecule has 0 spiro atoms. The van der Waals surface area contributed by atoms with E-state index in [-0.39, 0.29) is 0 Å². The van der Waals surface area contributed by atoms with Crippen LogP contribution in [-0.4, -0.2) is 36.0 Å². The Kier molecular flexibility index (Phi) is 16.5. The average Bonchev–Trinajstić information content (AvgIpc) is 2.89. The summed E-state index contributed by atoms with van der Waals surface area (Å²) in [5.74, 6) is 0. The highest BCUT2D eigenvalue weighted by molar-refractivity contribution is 5.63. The first-order valence-corrected chi connectivity index (χ1v) is 15.3. The zero-order valence-corrected chi connectivity index (χ0v) is 24.2. The van der Waals surface area contributed by atoms with Crippen molar-refractivity contribution >= 4 is 0 Å². The predicted octanol–water partition coefficient (Wildman–Crippen LogP) is 9.72. The lowest BCUT2D eigenvalue weighted by atomic mass is 10.0. The quantitative estimate of drug-likeness (QED) is 0.160. The standard InChI is InChI=1S/C34H56N2/c1-5-9-11-13-15-27-35(25-7-3)29-31-17-21-33(22-18-31)34-23-19-32(20-24-34)30-36(26-8-4)28-16-14-12-10-6-2/h17-24H,5-16,25-30H2,1-4H3. The molecule has 0 unspecified atom stereocenters. The van der Waals surface area contributed by atoms with Gasteiger partial charge < -0.3 is 0 Å². The van der Waals surface area contributed by atoms with Gasteiger partial charge in [-0.1, -0.05) is 128 Å². The average molecular weight is 493 g/mol. The van der Waals surface area contributed by atoms with Crippen LogP contribution in [-0.2, 0) is 13.1 Å². The van der Waals surface area contributed by atoms with Crippen molar-refractivity contribution in [2.24, 2.45) is 0 Å². The molecule has 2 heteroatoms. The molecule has 0 saturated heterocycles. The van der Waals surface area contributed by atoms with Crippen molar-refractivity contribution in [1.82, 2.24) is 9.80 Å². The topological polar surface area (TPSA) is 6.48 Å². The fourth-order valence-corrected chi connectivity index (χ4v) is 5.17. The van der Waals surface area contributed by atoms with Crippen LogP contribution in [0.3, 0.4) is 0 Å². The number of nitrogens with zero attached hydrogens (tertiary/aromatic N) is 2. The lowest BCUT2D eigenvalue weighted by Crippen LogP contribution is -2.25. The summed E-state index contributed by atoms with van der Waals surface area (Å²) < 4.78 is 0. The Morgan fingerprint density at radius 3 is 1.08 bits per heavy atom. The van der Waals surface area contributed by atoms with E-state index in [1.807, 2.05) is 0 Å². The number of hydrogen-bond donors (Lipinski definition) is 0. The van der Waals surface area contributed by atoms with Gasteiger partial charge in [0.1, 0.15) is 0 Å². The van der Waals surface area contributed by atoms with Crippen molar-refractivity contribution in [3.05, 3.63) is 59.7 Å². The van der Waals surface area contributed by atoms with Gasteiger partial charge in [0, 0.05) is 13.1 Å². The molecule has 0 atom stereocenters. The molecule has 0 heterocycles. The Balaban J connectivity index is 1.87. The van der Waals surface area contributed by atoms with Crippen molar-refractivity contribution in [3.63, 3.8) is 0 Å². The first-order chi connectivity index (χ1) is 17.7. The van der Waals surface area contributed by atoms with Gasteiger partial charge in [-0.3, -0.25) is 9.80 Å². The molecule has 0 radical (unpaired) electrons. The van der Waals surface area contributed by atoms with Gasteiger partial charge in [-0.15, -0.1) is 0 Å². The summed E-state index contributed by atoms with van der Waals surface area (Å²) >= 11 is 0. The summed E-state index contributed by atoms with van der Waals surface area (Å²) in [6.45, 7) is 16.2. The van der Waals surface area contributed by atoms with E-state index in [0.29, 0.717) is 0 Å². The van der Waals surface area contributed by atoms with E-state index in [9.17, 15) is 0 Å². The Labute approximate surface area is 224 Å². The Morgan fingerprint density at radius 1 is 0.389 bits per heavy atom. The molecule has 0 aromatic heterocycles. The summed E-state index contributed by atoms with van der Waals surface area (Å²) in [7, 11) is 0. The Bertz CT molecular complexity index is 697.